The van der Waals surface area contributed by atoms with Crippen molar-refractivity contribution >= 4 is 17.8 Å². The monoisotopic (exact) mass is 291 g/mol. The maximum Gasteiger partial charge on any atom is 0.308 e. The van der Waals surface area contributed by atoms with Gasteiger partial charge in [-0.15, -0.1) is 0 Å². The molecule has 0 radical (unpaired) electrons. The van der Waals surface area contributed by atoms with Gasteiger partial charge in [-0.3, -0.25) is 19.3 Å². The SMILES string of the molecule is CC(C)(C)OC(=O)CCN1C(=O)C2C3C=CC(C3)C2C1=O. The normalized spacial score (nSPS) is 33.8. The summed E-state index contributed by atoms with van der Waals surface area (Å²) in [5.41, 5.74) is -0.546. The van der Waals surface area contributed by atoms with E-state index in [1.54, 1.807) is 20.8 Å². The van der Waals surface area contributed by atoms with Crippen molar-refractivity contribution in [2.75, 3.05) is 6.54 Å². The number of rotatable bonds is 3. The van der Waals surface area contributed by atoms with Crippen molar-refractivity contribution in [3.05, 3.63) is 12.2 Å². The zero-order valence-electron chi connectivity index (χ0n) is 12.7. The number of fused-ring (bicyclic) bond motifs is 5. The second kappa shape index (κ2) is 4.68. The van der Waals surface area contributed by atoms with Crippen LogP contribution in [0.1, 0.15) is 33.6 Å². The lowest BCUT2D eigenvalue weighted by molar-refractivity contribution is -0.155. The lowest BCUT2D eigenvalue weighted by Crippen LogP contribution is -2.35. The van der Waals surface area contributed by atoms with Gasteiger partial charge in [0.05, 0.1) is 18.3 Å². The van der Waals surface area contributed by atoms with Crippen LogP contribution in [0.5, 0.6) is 0 Å². The lowest BCUT2D eigenvalue weighted by atomic mass is 9.85. The quantitative estimate of drug-likeness (QED) is 0.449. The molecule has 1 saturated heterocycles. The molecule has 1 saturated carbocycles. The highest BCUT2D eigenvalue weighted by atomic mass is 16.6. The average Bonchev–Trinajstić information content (AvgIpc) is 3.00. The molecule has 2 bridgehead atoms. The Labute approximate surface area is 124 Å². The molecule has 3 aliphatic rings. The van der Waals surface area contributed by atoms with Crippen molar-refractivity contribution in [3.63, 3.8) is 0 Å². The Morgan fingerprint density at radius 3 is 2.19 bits per heavy atom. The Hall–Kier alpha value is -1.65. The number of hydrogen-bond acceptors (Lipinski definition) is 4. The molecule has 5 heteroatoms. The van der Waals surface area contributed by atoms with Crippen LogP contribution in [0.4, 0.5) is 0 Å². The van der Waals surface area contributed by atoms with E-state index in [9.17, 15) is 14.4 Å². The first-order chi connectivity index (χ1) is 9.78. The first kappa shape index (κ1) is 14.3. The highest BCUT2D eigenvalue weighted by Crippen LogP contribution is 2.52. The largest absolute Gasteiger partial charge is 0.460 e. The molecular formula is C16H21NO4. The summed E-state index contributed by atoms with van der Waals surface area (Å²) in [4.78, 5) is 37.8. The molecule has 0 spiro atoms. The molecular weight excluding hydrogens is 270 g/mol. The van der Waals surface area contributed by atoms with Gasteiger partial charge in [-0.05, 0) is 39.0 Å². The van der Waals surface area contributed by atoms with Gasteiger partial charge in [0.15, 0.2) is 0 Å². The van der Waals surface area contributed by atoms with Crippen molar-refractivity contribution in [1.29, 1.82) is 0 Å². The topological polar surface area (TPSA) is 63.7 Å². The maximum absolute atomic E-state index is 12.4. The Bertz CT molecular complexity index is 501. The van der Waals surface area contributed by atoms with E-state index in [0.29, 0.717) is 0 Å². The van der Waals surface area contributed by atoms with Crippen molar-refractivity contribution in [3.8, 4) is 0 Å². The minimum atomic E-state index is -0.546. The Morgan fingerprint density at radius 2 is 1.71 bits per heavy atom. The summed E-state index contributed by atoms with van der Waals surface area (Å²) in [6.07, 6.45) is 5.12. The Balaban J connectivity index is 1.62. The van der Waals surface area contributed by atoms with Gasteiger partial charge in [0.1, 0.15) is 5.60 Å². The van der Waals surface area contributed by atoms with Gasteiger partial charge in [-0.1, -0.05) is 12.2 Å². The smallest absolute Gasteiger partial charge is 0.308 e. The van der Waals surface area contributed by atoms with E-state index in [4.69, 9.17) is 4.74 Å². The van der Waals surface area contributed by atoms with E-state index in [2.05, 4.69) is 12.2 Å². The van der Waals surface area contributed by atoms with E-state index in [1.165, 1.54) is 4.90 Å². The number of allylic oxidation sites excluding steroid dienone is 2. The number of hydrogen-bond donors (Lipinski definition) is 0. The van der Waals surface area contributed by atoms with Crippen LogP contribution in [0.25, 0.3) is 0 Å². The lowest BCUT2D eigenvalue weighted by Gasteiger charge is -2.21. The van der Waals surface area contributed by atoms with Gasteiger partial charge in [0, 0.05) is 6.54 Å². The number of carbonyl (C=O) groups excluding carboxylic acids is 3. The Kier molecular flexibility index (Phi) is 3.19. The number of nitrogens with zero attached hydrogens (tertiary/aromatic N) is 1. The van der Waals surface area contributed by atoms with E-state index in [-0.39, 0.29) is 54.4 Å². The molecule has 114 valence electrons. The molecule has 2 fully saturated rings. The Morgan fingerprint density at radius 1 is 1.19 bits per heavy atom. The second-order valence-electron chi connectivity index (χ2n) is 7.16. The zero-order valence-corrected chi connectivity index (χ0v) is 12.7. The number of imide groups is 1. The minimum absolute atomic E-state index is 0.0664. The zero-order chi connectivity index (χ0) is 15.4. The molecule has 0 aromatic heterocycles. The molecule has 1 heterocycles. The summed E-state index contributed by atoms with van der Waals surface area (Å²) in [5.74, 6) is -0.541. The fourth-order valence-electron chi connectivity index (χ4n) is 3.78. The predicted octanol–water partition coefficient (Wildman–Crippen LogP) is 1.53. The summed E-state index contributed by atoms with van der Waals surface area (Å²) in [6, 6.07) is 0. The molecule has 5 nitrogen and oxygen atoms in total. The molecule has 0 N–H and O–H groups in total. The van der Waals surface area contributed by atoms with Gasteiger partial charge < -0.3 is 4.74 Å². The summed E-state index contributed by atoms with van der Waals surface area (Å²) in [5, 5.41) is 0. The van der Waals surface area contributed by atoms with Crippen LogP contribution in [0.15, 0.2) is 12.2 Å². The second-order valence-corrected chi connectivity index (χ2v) is 7.16. The average molecular weight is 291 g/mol. The van der Waals surface area contributed by atoms with Crippen LogP contribution < -0.4 is 0 Å². The third-order valence-electron chi connectivity index (χ3n) is 4.52. The van der Waals surface area contributed by atoms with Gasteiger partial charge >= 0.3 is 5.97 Å². The molecule has 0 aromatic carbocycles. The van der Waals surface area contributed by atoms with E-state index in [0.717, 1.165) is 6.42 Å². The number of likely N-dealkylation sites (tertiary alicyclic amines) is 1. The van der Waals surface area contributed by atoms with Crippen molar-refractivity contribution in [2.24, 2.45) is 23.7 Å². The number of carbonyl (C=O) groups is 3. The highest BCUT2D eigenvalue weighted by Gasteiger charge is 2.59. The van der Waals surface area contributed by atoms with Crippen LogP contribution >= 0.6 is 0 Å². The number of esters is 1. The van der Waals surface area contributed by atoms with E-state index >= 15 is 0 Å². The fraction of sp³-hybridized carbons (Fsp3) is 0.688. The van der Waals surface area contributed by atoms with Crippen LogP contribution in [0.2, 0.25) is 0 Å². The summed E-state index contributed by atoms with van der Waals surface area (Å²) >= 11 is 0. The fourth-order valence-corrected chi connectivity index (χ4v) is 3.78. The van der Waals surface area contributed by atoms with Gasteiger partial charge in [-0.25, -0.2) is 0 Å². The van der Waals surface area contributed by atoms with Crippen molar-refractivity contribution in [1.82, 2.24) is 4.90 Å². The van der Waals surface area contributed by atoms with Crippen LogP contribution in [0, 0.1) is 23.7 Å². The number of ether oxygens (including phenoxy) is 1. The van der Waals surface area contributed by atoms with Crippen LogP contribution in [0.3, 0.4) is 0 Å². The highest BCUT2D eigenvalue weighted by molar-refractivity contribution is 6.06. The summed E-state index contributed by atoms with van der Waals surface area (Å²) < 4.78 is 5.22. The molecule has 2 amide bonds. The summed E-state index contributed by atoms with van der Waals surface area (Å²) in [6.45, 7) is 5.53. The molecule has 3 rings (SSSR count). The van der Waals surface area contributed by atoms with E-state index < -0.39 is 5.60 Å². The molecule has 4 unspecified atom stereocenters. The standard InChI is InChI=1S/C16H21NO4/c1-16(2,3)21-11(18)6-7-17-14(19)12-9-4-5-10(8-9)13(12)15(17)20/h4-5,9-10,12-13H,6-8H2,1-3H3. The maximum atomic E-state index is 12.4. The molecule has 1 aliphatic heterocycles. The van der Waals surface area contributed by atoms with E-state index in [1.807, 2.05) is 0 Å². The third-order valence-corrected chi connectivity index (χ3v) is 4.52. The molecule has 4 atom stereocenters. The van der Waals surface area contributed by atoms with Crippen LogP contribution in [-0.2, 0) is 19.1 Å². The van der Waals surface area contributed by atoms with Crippen molar-refractivity contribution in [2.45, 2.75) is 39.2 Å². The van der Waals surface area contributed by atoms with Gasteiger partial charge in [-0.2, -0.15) is 0 Å². The van der Waals surface area contributed by atoms with Gasteiger partial charge in [0.2, 0.25) is 11.8 Å². The molecule has 21 heavy (non-hydrogen) atoms. The van der Waals surface area contributed by atoms with Crippen molar-refractivity contribution < 1.29 is 19.1 Å². The predicted molar refractivity (Wildman–Crippen MR) is 74.9 cm³/mol. The van der Waals surface area contributed by atoms with Gasteiger partial charge in [0.25, 0.3) is 0 Å². The minimum Gasteiger partial charge on any atom is -0.460 e. The number of amides is 2. The third kappa shape index (κ3) is 2.39. The van der Waals surface area contributed by atoms with Crippen LogP contribution in [-0.4, -0.2) is 34.8 Å². The first-order valence-corrected chi connectivity index (χ1v) is 7.53. The first-order valence-electron chi connectivity index (χ1n) is 7.53. The molecule has 0 aromatic rings. The molecule has 2 aliphatic carbocycles. The summed E-state index contributed by atoms with van der Waals surface area (Å²) in [7, 11) is 0.